The molecule has 6 rings (SSSR count). The predicted octanol–water partition coefficient (Wildman–Crippen LogP) is 5.65. The molecule has 0 aliphatic heterocycles. The first kappa shape index (κ1) is 25.2. The topological polar surface area (TPSA) is 20.2 Å². The quantitative estimate of drug-likeness (QED) is 0.235. The maximum absolute atomic E-state index is 9.57. The van der Waals surface area contributed by atoms with E-state index in [9.17, 15) is 5.11 Å². The van der Waals surface area contributed by atoms with E-state index in [0.717, 1.165) is 12.8 Å². The minimum absolute atomic E-state index is 0. The molecule has 0 saturated heterocycles. The SMILES string of the molecule is Cc1ccc2c(c1[SiH2]c1c(CCCO)ccc3c1C(Cl)c1ccccc1-3)C(Cl)c1ccccc1-2.[Zr]. The summed E-state index contributed by atoms with van der Waals surface area (Å²) >= 11 is 14.3. The zero-order chi connectivity index (χ0) is 23.4. The van der Waals surface area contributed by atoms with Crippen molar-refractivity contribution in [1.82, 2.24) is 0 Å². The van der Waals surface area contributed by atoms with E-state index in [2.05, 4.69) is 79.7 Å². The van der Waals surface area contributed by atoms with Crippen molar-refractivity contribution in [3.8, 4) is 22.3 Å². The Balaban J connectivity index is 0.00000253. The van der Waals surface area contributed by atoms with Gasteiger partial charge in [0, 0.05) is 32.8 Å². The Bertz CT molecular complexity index is 1430. The molecule has 35 heavy (non-hydrogen) atoms. The first-order chi connectivity index (χ1) is 16.6. The van der Waals surface area contributed by atoms with Crippen molar-refractivity contribution in [1.29, 1.82) is 0 Å². The molecule has 2 atom stereocenters. The summed E-state index contributed by atoms with van der Waals surface area (Å²) in [4.78, 5) is 0. The summed E-state index contributed by atoms with van der Waals surface area (Å²) in [5, 5.41) is 12.2. The third-order valence-corrected chi connectivity index (χ3v) is 10.9. The number of fused-ring (bicyclic) bond motifs is 6. The van der Waals surface area contributed by atoms with Gasteiger partial charge in [0.25, 0.3) is 0 Å². The first-order valence-corrected chi connectivity index (χ1v) is 14.2. The van der Waals surface area contributed by atoms with E-state index in [1.54, 1.807) is 0 Å². The van der Waals surface area contributed by atoms with Crippen molar-refractivity contribution in [3.05, 3.63) is 106 Å². The molecule has 0 bridgehead atoms. The third-order valence-electron chi connectivity index (χ3n) is 7.56. The maximum Gasteiger partial charge on any atom is 0.0891 e. The van der Waals surface area contributed by atoms with E-state index in [0.29, 0.717) is 0 Å². The normalized spacial score (nSPS) is 17.1. The van der Waals surface area contributed by atoms with Gasteiger partial charge in [0.1, 0.15) is 0 Å². The number of hydrogen-bond donors (Lipinski definition) is 1. The van der Waals surface area contributed by atoms with Crippen LogP contribution < -0.4 is 10.4 Å². The van der Waals surface area contributed by atoms with Gasteiger partial charge in [-0.3, -0.25) is 0 Å². The van der Waals surface area contributed by atoms with Crippen LogP contribution in [-0.2, 0) is 32.6 Å². The second kappa shape index (κ2) is 10.1. The van der Waals surface area contributed by atoms with Crippen molar-refractivity contribution >= 4 is 43.1 Å². The van der Waals surface area contributed by atoms with Crippen LogP contribution in [0.2, 0.25) is 0 Å². The fraction of sp³-hybridized carbons (Fsp3) is 0.200. The van der Waals surface area contributed by atoms with Crippen LogP contribution in [0.4, 0.5) is 0 Å². The Kier molecular flexibility index (Phi) is 7.28. The zero-order valence-corrected chi connectivity index (χ0v) is 25.0. The van der Waals surface area contributed by atoms with Gasteiger partial charge in [0.15, 0.2) is 0 Å². The third kappa shape index (κ3) is 4.05. The molecule has 0 aromatic heterocycles. The molecule has 0 fully saturated rings. The number of aliphatic hydroxyl groups is 1. The van der Waals surface area contributed by atoms with Gasteiger partial charge in [-0.1, -0.05) is 88.7 Å². The molecule has 2 aliphatic rings. The molecule has 4 aromatic rings. The zero-order valence-electron chi connectivity index (χ0n) is 19.6. The number of aryl methyl sites for hydroxylation is 2. The molecule has 2 unspecified atom stereocenters. The van der Waals surface area contributed by atoms with Gasteiger partial charge < -0.3 is 5.11 Å². The standard InChI is InChI=1S/C30H26Cl2OSi.Zr/c1-17-12-14-21-19-8-2-4-10-23(19)27(31)25(21)29(17)34-30-18(7-6-16-33)13-15-22-20-9-3-5-11-24(20)28(32)26(22)30;/h2-5,8-15,27-28,33H,6-7,16,34H2,1H3;. The van der Waals surface area contributed by atoms with Crippen molar-refractivity contribution in [2.75, 3.05) is 6.61 Å². The second-order valence-electron chi connectivity index (χ2n) is 9.39. The van der Waals surface area contributed by atoms with Crippen molar-refractivity contribution < 1.29 is 31.3 Å². The minimum Gasteiger partial charge on any atom is -0.396 e. The number of aliphatic hydroxyl groups excluding tert-OH is 1. The summed E-state index contributed by atoms with van der Waals surface area (Å²) in [6, 6.07) is 26.1. The van der Waals surface area contributed by atoms with Gasteiger partial charge in [-0.15, -0.1) is 23.2 Å². The summed E-state index contributed by atoms with van der Waals surface area (Å²) in [6.45, 7) is 2.42. The molecule has 1 N–H and O–H groups in total. The summed E-state index contributed by atoms with van der Waals surface area (Å²) in [5.74, 6) is 0. The van der Waals surface area contributed by atoms with Crippen LogP contribution in [0.25, 0.3) is 22.3 Å². The van der Waals surface area contributed by atoms with Gasteiger partial charge in [0.2, 0.25) is 0 Å². The van der Waals surface area contributed by atoms with Crippen molar-refractivity contribution in [2.24, 2.45) is 0 Å². The molecule has 0 heterocycles. The molecule has 0 amide bonds. The van der Waals surface area contributed by atoms with Crippen LogP contribution >= 0.6 is 23.2 Å². The van der Waals surface area contributed by atoms with Gasteiger partial charge >= 0.3 is 0 Å². The van der Waals surface area contributed by atoms with Crippen LogP contribution in [0.1, 0.15) is 50.6 Å². The van der Waals surface area contributed by atoms with Crippen LogP contribution in [-0.4, -0.2) is 21.2 Å². The molecule has 2 aliphatic carbocycles. The van der Waals surface area contributed by atoms with Gasteiger partial charge in [-0.05, 0) is 69.8 Å². The molecule has 1 nitrogen and oxygen atoms in total. The largest absolute Gasteiger partial charge is 0.396 e. The Morgan fingerprint density at radius 1 is 0.714 bits per heavy atom. The van der Waals surface area contributed by atoms with Crippen molar-refractivity contribution in [2.45, 2.75) is 30.5 Å². The number of rotatable bonds is 5. The smallest absolute Gasteiger partial charge is 0.0891 e. The van der Waals surface area contributed by atoms with E-state index in [1.807, 2.05) is 0 Å². The second-order valence-corrected chi connectivity index (χ2v) is 12.0. The monoisotopic (exact) mass is 590 g/mol. The Morgan fingerprint density at radius 3 is 1.86 bits per heavy atom. The van der Waals surface area contributed by atoms with E-state index in [1.165, 1.54) is 66.0 Å². The number of benzene rings is 4. The number of alkyl halides is 2. The van der Waals surface area contributed by atoms with Gasteiger partial charge in [-0.25, -0.2) is 0 Å². The van der Waals surface area contributed by atoms with E-state index >= 15 is 0 Å². The van der Waals surface area contributed by atoms with Crippen LogP contribution in [0.5, 0.6) is 0 Å². The van der Waals surface area contributed by atoms with Crippen molar-refractivity contribution in [3.63, 3.8) is 0 Å². The summed E-state index contributed by atoms with van der Waals surface area (Å²) < 4.78 is 0. The Morgan fingerprint density at radius 2 is 1.26 bits per heavy atom. The molecule has 0 saturated carbocycles. The van der Waals surface area contributed by atoms with E-state index in [4.69, 9.17) is 23.2 Å². The minimum atomic E-state index is -0.907. The first-order valence-electron chi connectivity index (χ1n) is 11.9. The van der Waals surface area contributed by atoms with Gasteiger partial charge in [0.05, 0.1) is 20.3 Å². The van der Waals surface area contributed by atoms with Crippen LogP contribution in [0.15, 0.2) is 72.8 Å². The molecule has 5 heteroatoms. The molecular weight excluding hydrogens is 567 g/mol. The fourth-order valence-electron chi connectivity index (χ4n) is 5.89. The molecular formula is C30H26Cl2OSiZr. The number of hydrogen-bond acceptors (Lipinski definition) is 1. The Hall–Kier alpha value is -1.48. The van der Waals surface area contributed by atoms with E-state index in [-0.39, 0.29) is 43.6 Å². The molecule has 0 spiro atoms. The molecule has 174 valence electrons. The summed E-state index contributed by atoms with van der Waals surface area (Å²) in [6.07, 6.45) is 1.63. The van der Waals surface area contributed by atoms with Crippen LogP contribution in [0, 0.1) is 6.92 Å². The fourth-order valence-corrected chi connectivity index (χ4v) is 9.47. The molecule has 0 radical (unpaired) electrons. The van der Waals surface area contributed by atoms with Gasteiger partial charge in [-0.2, -0.15) is 0 Å². The average molecular weight is 593 g/mol. The Labute approximate surface area is 238 Å². The maximum atomic E-state index is 9.57. The average Bonchev–Trinajstić information content (AvgIpc) is 3.32. The molecule has 4 aromatic carbocycles. The number of halogens is 2. The predicted molar refractivity (Wildman–Crippen MR) is 147 cm³/mol. The summed E-state index contributed by atoms with van der Waals surface area (Å²) in [5.41, 5.74) is 12.7. The van der Waals surface area contributed by atoms with E-state index < -0.39 is 9.52 Å². The summed E-state index contributed by atoms with van der Waals surface area (Å²) in [7, 11) is -0.907. The van der Waals surface area contributed by atoms with Crippen LogP contribution in [0.3, 0.4) is 0 Å².